The quantitative estimate of drug-likeness (QED) is 0.599. The third kappa shape index (κ3) is 0.942. The van der Waals surface area contributed by atoms with Gasteiger partial charge in [-0.1, -0.05) is 6.92 Å². The van der Waals surface area contributed by atoms with Crippen LogP contribution in [0.1, 0.15) is 24.0 Å². The fourth-order valence-electron chi connectivity index (χ4n) is 1.64. The zero-order chi connectivity index (χ0) is 7.84. The lowest BCUT2D eigenvalue weighted by atomic mass is 10.1. The van der Waals surface area contributed by atoms with Crippen molar-refractivity contribution < 1.29 is 5.11 Å². The Morgan fingerprint density at radius 2 is 2.45 bits per heavy atom. The highest BCUT2D eigenvalue weighted by molar-refractivity contribution is 5.33. The van der Waals surface area contributed by atoms with Gasteiger partial charge in [0.1, 0.15) is 0 Å². The van der Waals surface area contributed by atoms with E-state index in [0.29, 0.717) is 0 Å². The van der Waals surface area contributed by atoms with Gasteiger partial charge in [-0.25, -0.2) is 0 Å². The smallest absolute Gasteiger partial charge is 0.0647 e. The summed E-state index contributed by atoms with van der Waals surface area (Å²) >= 11 is 0. The van der Waals surface area contributed by atoms with Gasteiger partial charge in [-0.05, 0) is 23.6 Å². The van der Waals surface area contributed by atoms with Crippen LogP contribution < -0.4 is 0 Å². The van der Waals surface area contributed by atoms with Crippen LogP contribution in [0.5, 0.6) is 0 Å². The van der Waals surface area contributed by atoms with Crippen LogP contribution in [0.15, 0.2) is 18.5 Å². The standard InChI is InChI=1S/C9H11NO/c1-6-8-5-10-3-2-7(8)4-9(6)11/h2-3,5-6,9,11H,4H2,1H3. The Morgan fingerprint density at radius 1 is 1.64 bits per heavy atom. The van der Waals surface area contributed by atoms with Crippen molar-refractivity contribution in [3.05, 3.63) is 29.6 Å². The van der Waals surface area contributed by atoms with Crippen LogP contribution >= 0.6 is 0 Å². The van der Waals surface area contributed by atoms with Gasteiger partial charge < -0.3 is 5.11 Å². The number of nitrogens with zero attached hydrogens (tertiary/aromatic N) is 1. The van der Waals surface area contributed by atoms with E-state index in [1.165, 1.54) is 11.1 Å². The topological polar surface area (TPSA) is 33.1 Å². The summed E-state index contributed by atoms with van der Waals surface area (Å²) in [5, 5.41) is 9.49. The van der Waals surface area contributed by atoms with E-state index in [1.807, 2.05) is 19.2 Å². The van der Waals surface area contributed by atoms with Crippen LogP contribution in [0.3, 0.4) is 0 Å². The minimum atomic E-state index is -0.200. The van der Waals surface area contributed by atoms with Gasteiger partial charge >= 0.3 is 0 Å². The molecule has 0 saturated heterocycles. The molecule has 0 aliphatic heterocycles. The van der Waals surface area contributed by atoms with E-state index in [9.17, 15) is 5.11 Å². The minimum absolute atomic E-state index is 0.200. The van der Waals surface area contributed by atoms with Crippen molar-refractivity contribution >= 4 is 0 Å². The summed E-state index contributed by atoms with van der Waals surface area (Å²) in [5.41, 5.74) is 2.46. The first-order valence-corrected chi connectivity index (χ1v) is 3.90. The van der Waals surface area contributed by atoms with Gasteiger partial charge in [0, 0.05) is 18.3 Å². The van der Waals surface area contributed by atoms with Crippen molar-refractivity contribution in [3.63, 3.8) is 0 Å². The van der Waals surface area contributed by atoms with Crippen LogP contribution in [0.2, 0.25) is 0 Å². The van der Waals surface area contributed by atoms with Gasteiger partial charge in [0.25, 0.3) is 0 Å². The molecular formula is C9H11NO. The molecule has 1 aliphatic rings. The van der Waals surface area contributed by atoms with Crippen LogP contribution in [0.25, 0.3) is 0 Å². The second-order valence-corrected chi connectivity index (χ2v) is 3.13. The van der Waals surface area contributed by atoms with Crippen LogP contribution in [-0.4, -0.2) is 16.2 Å². The van der Waals surface area contributed by atoms with Crippen LogP contribution in [0, 0.1) is 0 Å². The monoisotopic (exact) mass is 149 g/mol. The molecule has 1 aromatic rings. The fraction of sp³-hybridized carbons (Fsp3) is 0.444. The molecular weight excluding hydrogens is 138 g/mol. The molecule has 11 heavy (non-hydrogen) atoms. The number of aliphatic hydroxyl groups excluding tert-OH is 1. The van der Waals surface area contributed by atoms with Crippen LogP contribution in [-0.2, 0) is 6.42 Å². The maximum Gasteiger partial charge on any atom is 0.0647 e. The van der Waals surface area contributed by atoms with Crippen molar-refractivity contribution in [2.45, 2.75) is 25.4 Å². The van der Waals surface area contributed by atoms with E-state index >= 15 is 0 Å². The number of pyridine rings is 1. The highest BCUT2D eigenvalue weighted by atomic mass is 16.3. The molecule has 0 saturated carbocycles. The zero-order valence-corrected chi connectivity index (χ0v) is 6.49. The molecule has 0 amide bonds. The molecule has 1 aromatic heterocycles. The van der Waals surface area contributed by atoms with Gasteiger partial charge in [0.15, 0.2) is 0 Å². The molecule has 1 N–H and O–H groups in total. The molecule has 0 bridgehead atoms. The maximum absolute atomic E-state index is 9.49. The molecule has 2 rings (SSSR count). The predicted octanol–water partition coefficient (Wildman–Crippen LogP) is 1.10. The van der Waals surface area contributed by atoms with Gasteiger partial charge in [0.05, 0.1) is 6.10 Å². The molecule has 0 fully saturated rings. The first kappa shape index (κ1) is 6.80. The highest BCUT2D eigenvalue weighted by Gasteiger charge is 2.26. The Morgan fingerprint density at radius 3 is 3.18 bits per heavy atom. The van der Waals surface area contributed by atoms with Gasteiger partial charge in [-0.15, -0.1) is 0 Å². The van der Waals surface area contributed by atoms with E-state index in [2.05, 4.69) is 4.98 Å². The van der Waals surface area contributed by atoms with Crippen molar-refractivity contribution in [1.82, 2.24) is 4.98 Å². The summed E-state index contributed by atoms with van der Waals surface area (Å²) in [7, 11) is 0. The van der Waals surface area contributed by atoms with E-state index in [0.717, 1.165) is 6.42 Å². The predicted molar refractivity (Wildman–Crippen MR) is 42.4 cm³/mol. The molecule has 1 aliphatic carbocycles. The lowest BCUT2D eigenvalue weighted by Crippen LogP contribution is -2.09. The van der Waals surface area contributed by atoms with Crippen molar-refractivity contribution in [3.8, 4) is 0 Å². The second kappa shape index (κ2) is 2.31. The third-order valence-corrected chi connectivity index (χ3v) is 2.44. The van der Waals surface area contributed by atoms with Crippen molar-refractivity contribution in [2.24, 2.45) is 0 Å². The second-order valence-electron chi connectivity index (χ2n) is 3.13. The highest BCUT2D eigenvalue weighted by Crippen LogP contribution is 2.31. The molecule has 58 valence electrons. The average molecular weight is 149 g/mol. The lowest BCUT2D eigenvalue weighted by Gasteiger charge is -2.06. The molecule has 0 spiro atoms. The summed E-state index contributed by atoms with van der Waals surface area (Å²) in [4.78, 5) is 4.03. The lowest BCUT2D eigenvalue weighted by molar-refractivity contribution is 0.163. The summed E-state index contributed by atoms with van der Waals surface area (Å²) in [5.74, 6) is 0.263. The Hall–Kier alpha value is -0.890. The molecule has 2 atom stereocenters. The van der Waals surface area contributed by atoms with Crippen molar-refractivity contribution in [1.29, 1.82) is 0 Å². The fourth-order valence-corrected chi connectivity index (χ4v) is 1.64. The SMILES string of the molecule is CC1c2cnccc2CC1O. The summed E-state index contributed by atoms with van der Waals surface area (Å²) < 4.78 is 0. The Balaban J connectivity index is 2.47. The normalized spacial score (nSPS) is 28.5. The number of hydrogen-bond donors (Lipinski definition) is 1. The molecule has 0 aromatic carbocycles. The molecule has 1 heterocycles. The number of rotatable bonds is 0. The third-order valence-electron chi connectivity index (χ3n) is 2.44. The molecule has 2 nitrogen and oxygen atoms in total. The number of fused-ring (bicyclic) bond motifs is 1. The van der Waals surface area contributed by atoms with Gasteiger partial charge in [-0.2, -0.15) is 0 Å². The maximum atomic E-state index is 9.49. The van der Waals surface area contributed by atoms with E-state index in [1.54, 1.807) is 6.20 Å². The summed E-state index contributed by atoms with van der Waals surface area (Å²) in [6.07, 6.45) is 4.23. The number of aromatic nitrogens is 1. The van der Waals surface area contributed by atoms with Gasteiger partial charge in [0.2, 0.25) is 0 Å². The minimum Gasteiger partial charge on any atom is -0.392 e. The van der Waals surface area contributed by atoms with E-state index < -0.39 is 0 Å². The Kier molecular flexibility index (Phi) is 1.43. The van der Waals surface area contributed by atoms with Crippen LogP contribution in [0.4, 0.5) is 0 Å². The largest absolute Gasteiger partial charge is 0.392 e. The van der Waals surface area contributed by atoms with Crippen molar-refractivity contribution in [2.75, 3.05) is 0 Å². The average Bonchev–Trinajstić information content (AvgIpc) is 2.30. The number of hydrogen-bond acceptors (Lipinski definition) is 2. The van der Waals surface area contributed by atoms with E-state index in [-0.39, 0.29) is 12.0 Å². The first-order chi connectivity index (χ1) is 5.29. The first-order valence-electron chi connectivity index (χ1n) is 3.90. The molecule has 2 unspecified atom stereocenters. The molecule has 0 radical (unpaired) electrons. The summed E-state index contributed by atoms with van der Waals surface area (Å²) in [6.45, 7) is 2.04. The summed E-state index contributed by atoms with van der Waals surface area (Å²) in [6, 6.07) is 1.99. The van der Waals surface area contributed by atoms with Gasteiger partial charge in [-0.3, -0.25) is 4.98 Å². The van der Waals surface area contributed by atoms with E-state index in [4.69, 9.17) is 0 Å². The molecule has 2 heteroatoms. The zero-order valence-electron chi connectivity index (χ0n) is 6.49. The Labute approximate surface area is 65.9 Å². The Bertz CT molecular complexity index is 272. The number of aliphatic hydroxyl groups is 1.